The molecule has 0 aromatic heterocycles. The van der Waals surface area contributed by atoms with Crippen LogP contribution in [0.25, 0.3) is 0 Å². The maximum absolute atomic E-state index is 12.2. The topological polar surface area (TPSA) is 60.8 Å². The first-order valence-electron chi connectivity index (χ1n) is 16.1. The summed E-state index contributed by atoms with van der Waals surface area (Å²) in [6.07, 6.45) is 17.7. The number of alkyl halides is 1. The van der Waals surface area contributed by atoms with E-state index in [4.69, 9.17) is 11.6 Å². The fraction of sp³-hybridized carbons (Fsp3) is 0.794. The van der Waals surface area contributed by atoms with Crippen LogP contribution in [0.15, 0.2) is 18.2 Å². The van der Waals surface area contributed by atoms with E-state index in [1.807, 2.05) is 24.1 Å². The number of hydrogen-bond acceptors (Lipinski definition) is 3. The number of aliphatic hydroxyl groups is 1. The number of amides is 1. The molecule has 2 fully saturated rings. The minimum Gasteiger partial charge on any atom is -0.508 e. The summed E-state index contributed by atoms with van der Waals surface area (Å²) >= 11 is 6.68. The molecule has 1 aromatic carbocycles. The molecule has 4 nitrogen and oxygen atoms in total. The molecule has 5 heteroatoms. The van der Waals surface area contributed by atoms with Crippen LogP contribution >= 0.6 is 11.6 Å². The van der Waals surface area contributed by atoms with Crippen LogP contribution in [0.5, 0.6) is 5.75 Å². The smallest absolute Gasteiger partial charge is 0.222 e. The van der Waals surface area contributed by atoms with Crippen molar-refractivity contribution in [2.45, 2.75) is 134 Å². The van der Waals surface area contributed by atoms with Crippen LogP contribution in [0.3, 0.4) is 0 Å². The number of hydrogen-bond donors (Lipinski definition) is 2. The molecule has 0 spiro atoms. The van der Waals surface area contributed by atoms with Gasteiger partial charge >= 0.3 is 0 Å². The van der Waals surface area contributed by atoms with Crippen molar-refractivity contribution < 1.29 is 15.0 Å². The number of carbonyl (C=O) groups is 1. The molecule has 220 valence electrons. The predicted octanol–water partition coefficient (Wildman–Crippen LogP) is 8.21. The van der Waals surface area contributed by atoms with E-state index in [0.29, 0.717) is 41.7 Å². The van der Waals surface area contributed by atoms with Crippen molar-refractivity contribution in [1.29, 1.82) is 0 Å². The van der Waals surface area contributed by atoms with Crippen LogP contribution < -0.4 is 0 Å². The standard InChI is InChI=1S/C34H54ClNO3/c1-4-5-20-36(3)31(38)15-13-11-9-7-6-8-10-12-14-24-21-25-22-26(37)16-17-27(25)28-18-19-34(2)29(32(24)28)23-30(35)33(34)39/h16-17,22,24,28-30,32-33,37,39H,4-15,18-21,23H2,1-3H3/t24-,28?,29?,30-,32?,33-,34+/m1/s1. The highest BCUT2D eigenvalue weighted by Gasteiger charge is 2.59. The number of fused-ring (bicyclic) bond motifs is 5. The molecule has 3 aliphatic rings. The van der Waals surface area contributed by atoms with E-state index in [1.54, 1.807) is 0 Å². The summed E-state index contributed by atoms with van der Waals surface area (Å²) in [5.41, 5.74) is 2.73. The van der Waals surface area contributed by atoms with Gasteiger partial charge in [0, 0.05) is 20.0 Å². The van der Waals surface area contributed by atoms with Crippen molar-refractivity contribution in [2.75, 3.05) is 13.6 Å². The largest absolute Gasteiger partial charge is 0.508 e. The van der Waals surface area contributed by atoms with Crippen molar-refractivity contribution in [2.24, 2.45) is 23.2 Å². The lowest BCUT2D eigenvalue weighted by molar-refractivity contribution is -0.130. The maximum Gasteiger partial charge on any atom is 0.222 e. The van der Waals surface area contributed by atoms with Gasteiger partial charge in [0.2, 0.25) is 5.91 Å². The molecule has 2 N–H and O–H groups in total. The second-order valence-electron chi connectivity index (χ2n) is 13.4. The number of carbonyl (C=O) groups excluding carboxylic acids is 1. The average Bonchev–Trinajstić information content (AvgIpc) is 3.15. The number of phenolic OH excluding ortho intramolecular Hbond substituents is 1. The van der Waals surface area contributed by atoms with Gasteiger partial charge < -0.3 is 15.1 Å². The zero-order valence-corrected chi connectivity index (χ0v) is 25.6. The monoisotopic (exact) mass is 559 g/mol. The molecular weight excluding hydrogens is 506 g/mol. The summed E-state index contributed by atoms with van der Waals surface area (Å²) in [6, 6.07) is 6.05. The lowest BCUT2D eigenvalue weighted by Crippen LogP contribution is -2.47. The van der Waals surface area contributed by atoms with E-state index in [-0.39, 0.29) is 10.8 Å². The van der Waals surface area contributed by atoms with E-state index in [1.165, 1.54) is 62.5 Å². The summed E-state index contributed by atoms with van der Waals surface area (Å²) < 4.78 is 0. The van der Waals surface area contributed by atoms with E-state index < -0.39 is 6.10 Å². The fourth-order valence-electron chi connectivity index (χ4n) is 8.46. The highest BCUT2D eigenvalue weighted by atomic mass is 35.5. The van der Waals surface area contributed by atoms with Gasteiger partial charge in [-0.15, -0.1) is 11.6 Å². The number of rotatable bonds is 14. The lowest BCUT2D eigenvalue weighted by atomic mass is 9.52. The summed E-state index contributed by atoms with van der Waals surface area (Å²) in [7, 11) is 1.94. The molecule has 0 heterocycles. The highest BCUT2D eigenvalue weighted by Crippen LogP contribution is 2.63. The molecule has 39 heavy (non-hydrogen) atoms. The zero-order valence-electron chi connectivity index (χ0n) is 24.8. The fourth-order valence-corrected chi connectivity index (χ4v) is 8.94. The minimum absolute atomic E-state index is 0.0597. The summed E-state index contributed by atoms with van der Waals surface area (Å²) in [4.78, 5) is 14.1. The third-order valence-electron chi connectivity index (χ3n) is 10.8. The first-order valence-corrected chi connectivity index (χ1v) is 16.6. The van der Waals surface area contributed by atoms with Crippen LogP contribution in [0.2, 0.25) is 0 Å². The number of benzene rings is 1. The van der Waals surface area contributed by atoms with Gasteiger partial charge in [0.15, 0.2) is 0 Å². The first kappa shape index (κ1) is 30.7. The van der Waals surface area contributed by atoms with Crippen LogP contribution in [-0.2, 0) is 11.2 Å². The Hall–Kier alpha value is -1.26. The van der Waals surface area contributed by atoms with E-state index >= 15 is 0 Å². The normalized spacial score (nSPS) is 31.4. The molecule has 7 atom stereocenters. The van der Waals surface area contributed by atoms with Crippen molar-refractivity contribution in [3.63, 3.8) is 0 Å². The van der Waals surface area contributed by atoms with Gasteiger partial charge in [-0.3, -0.25) is 4.79 Å². The number of phenols is 1. The van der Waals surface area contributed by atoms with E-state index in [9.17, 15) is 15.0 Å². The van der Waals surface area contributed by atoms with Gasteiger partial charge in [-0.2, -0.15) is 0 Å². The number of nitrogens with zero attached hydrogens (tertiary/aromatic N) is 1. The quantitative estimate of drug-likeness (QED) is 0.178. The Morgan fingerprint density at radius 1 is 1.08 bits per heavy atom. The third kappa shape index (κ3) is 7.15. The number of aliphatic hydroxyl groups excluding tert-OH is 1. The molecule has 4 rings (SSSR count). The van der Waals surface area contributed by atoms with Crippen molar-refractivity contribution in [3.05, 3.63) is 29.3 Å². The molecule has 1 aromatic rings. The van der Waals surface area contributed by atoms with Crippen LogP contribution in [0.1, 0.15) is 127 Å². The first-order chi connectivity index (χ1) is 18.8. The molecular formula is C34H54ClNO3. The van der Waals surface area contributed by atoms with E-state index in [0.717, 1.165) is 51.5 Å². The SMILES string of the molecule is CCCCN(C)C(=O)CCCCCCCCCC[C@@H]1Cc2cc(O)ccc2C2CC[C@@]3(C)C(C[C@@H](Cl)[C@H]3O)C21. The van der Waals surface area contributed by atoms with Gasteiger partial charge in [-0.1, -0.05) is 71.3 Å². The zero-order chi connectivity index (χ0) is 28.0. The second kappa shape index (κ2) is 14.1. The average molecular weight is 560 g/mol. The Balaban J connectivity index is 1.21. The maximum atomic E-state index is 12.2. The van der Waals surface area contributed by atoms with Crippen LogP contribution in [0, 0.1) is 23.2 Å². The molecule has 0 bridgehead atoms. The summed E-state index contributed by atoms with van der Waals surface area (Å²) in [5, 5.41) is 21.1. The molecule has 1 amide bonds. The second-order valence-corrected chi connectivity index (χ2v) is 14.0. The van der Waals surface area contributed by atoms with Gasteiger partial charge in [-0.25, -0.2) is 0 Å². The Morgan fingerprint density at radius 3 is 2.49 bits per heavy atom. The van der Waals surface area contributed by atoms with Crippen molar-refractivity contribution >= 4 is 17.5 Å². The van der Waals surface area contributed by atoms with Gasteiger partial charge in [0.1, 0.15) is 5.75 Å². The number of halogens is 1. The predicted molar refractivity (Wildman–Crippen MR) is 161 cm³/mol. The van der Waals surface area contributed by atoms with E-state index in [2.05, 4.69) is 19.9 Å². The van der Waals surface area contributed by atoms with Crippen molar-refractivity contribution in [1.82, 2.24) is 4.90 Å². The Labute approximate surface area is 242 Å². The molecule has 0 radical (unpaired) electrons. The number of aromatic hydroxyl groups is 1. The molecule has 3 unspecified atom stereocenters. The Morgan fingerprint density at radius 2 is 1.77 bits per heavy atom. The lowest BCUT2D eigenvalue weighted by Gasteiger charge is -2.53. The molecule has 2 saturated carbocycles. The Kier molecular flexibility index (Phi) is 11.1. The number of unbranched alkanes of at least 4 members (excludes halogenated alkanes) is 8. The summed E-state index contributed by atoms with van der Waals surface area (Å²) in [6.45, 7) is 5.35. The Bertz CT molecular complexity index is 937. The van der Waals surface area contributed by atoms with Gasteiger partial charge in [-0.05, 0) is 97.3 Å². The minimum atomic E-state index is -0.396. The van der Waals surface area contributed by atoms with Crippen molar-refractivity contribution in [3.8, 4) is 5.75 Å². The highest BCUT2D eigenvalue weighted by molar-refractivity contribution is 6.21. The third-order valence-corrected chi connectivity index (χ3v) is 11.2. The van der Waals surface area contributed by atoms with Crippen LogP contribution in [-0.4, -0.2) is 46.1 Å². The molecule has 0 aliphatic heterocycles. The molecule has 0 saturated heterocycles. The van der Waals surface area contributed by atoms with Gasteiger partial charge in [0.05, 0.1) is 11.5 Å². The van der Waals surface area contributed by atoms with Crippen LogP contribution in [0.4, 0.5) is 0 Å². The summed E-state index contributed by atoms with van der Waals surface area (Å²) in [5.74, 6) is 2.90. The molecule has 3 aliphatic carbocycles. The van der Waals surface area contributed by atoms with Gasteiger partial charge in [0.25, 0.3) is 0 Å².